The van der Waals surface area contributed by atoms with Crippen LogP contribution in [-0.2, 0) is 21.9 Å². The molecule has 3 aromatic carbocycles. The van der Waals surface area contributed by atoms with Crippen LogP contribution in [0.2, 0.25) is 0 Å². The molecule has 0 fully saturated rings. The van der Waals surface area contributed by atoms with Gasteiger partial charge in [-0.15, -0.1) is 5.10 Å². The number of halogens is 2. The van der Waals surface area contributed by atoms with E-state index < -0.39 is 38.7 Å². The van der Waals surface area contributed by atoms with Crippen molar-refractivity contribution >= 4 is 22.1 Å². The molecule has 0 bridgehead atoms. The van der Waals surface area contributed by atoms with Crippen LogP contribution in [0.25, 0.3) is 6.08 Å². The summed E-state index contributed by atoms with van der Waals surface area (Å²) in [6.07, 6.45) is 3.12. The molecule has 0 aliphatic heterocycles. The summed E-state index contributed by atoms with van der Waals surface area (Å²) in [5.41, 5.74) is 0.675. The Morgan fingerprint density at radius 2 is 1.67 bits per heavy atom. The van der Waals surface area contributed by atoms with Crippen LogP contribution in [0.1, 0.15) is 38.4 Å². The third-order valence-electron chi connectivity index (χ3n) is 6.44. The number of nitrogens with zero attached hydrogens (tertiary/aromatic N) is 2. The Kier molecular flexibility index (Phi) is 5.60. The summed E-state index contributed by atoms with van der Waals surface area (Å²) in [7, 11) is -4.27. The molecule has 1 aliphatic rings. The van der Waals surface area contributed by atoms with Gasteiger partial charge in [0.2, 0.25) is 0 Å². The van der Waals surface area contributed by atoms with Gasteiger partial charge in [0.15, 0.2) is 17.3 Å². The van der Waals surface area contributed by atoms with E-state index in [9.17, 15) is 27.1 Å². The van der Waals surface area contributed by atoms with Gasteiger partial charge in [0.1, 0.15) is 0 Å². The highest BCUT2D eigenvalue weighted by atomic mass is 32.2. The minimum absolute atomic E-state index is 0.0528. The molecule has 0 spiro atoms. The lowest BCUT2D eigenvalue weighted by atomic mass is 9.68. The smallest absolute Gasteiger partial charge is 0.357 e. The highest BCUT2D eigenvalue weighted by Crippen LogP contribution is 2.43. The van der Waals surface area contributed by atoms with Gasteiger partial charge in [-0.3, -0.25) is 0 Å². The van der Waals surface area contributed by atoms with Crippen LogP contribution in [0.3, 0.4) is 0 Å². The summed E-state index contributed by atoms with van der Waals surface area (Å²) in [4.78, 5) is 11.9. The van der Waals surface area contributed by atoms with Gasteiger partial charge in [0, 0.05) is 17.4 Å². The highest BCUT2D eigenvalue weighted by Gasteiger charge is 2.41. The first kappa shape index (κ1) is 23.6. The van der Waals surface area contributed by atoms with Crippen molar-refractivity contribution < 1.29 is 27.1 Å². The van der Waals surface area contributed by atoms with E-state index in [4.69, 9.17) is 0 Å². The Hall–Kier alpha value is -4.11. The number of allylic oxidation sites excluding steroid dienone is 1. The van der Waals surface area contributed by atoms with Crippen molar-refractivity contribution in [1.82, 2.24) is 9.19 Å². The molecule has 0 saturated heterocycles. The SMILES string of the molecule is Cc1ccc(S(=O)(=O)n2nc(C(=O)O)c3c2CC(c2ccccc2)(c2ccc(F)c(F)c2)C=C3)cc1. The van der Waals surface area contributed by atoms with Crippen molar-refractivity contribution in [1.29, 1.82) is 0 Å². The summed E-state index contributed by atoms with van der Waals surface area (Å²) in [5, 5.41) is 13.8. The molecular formula is C27H20F2N2O4S. The average Bonchev–Trinajstić information content (AvgIpc) is 3.26. The molecule has 0 saturated carbocycles. The number of carboxylic acids is 1. The lowest BCUT2D eigenvalue weighted by molar-refractivity contribution is 0.0690. The zero-order valence-electron chi connectivity index (χ0n) is 19.0. The maximum absolute atomic E-state index is 14.4. The predicted molar refractivity (Wildman–Crippen MR) is 129 cm³/mol. The summed E-state index contributed by atoms with van der Waals surface area (Å²) in [6, 6.07) is 18.6. The van der Waals surface area contributed by atoms with Gasteiger partial charge in [-0.05, 0) is 42.3 Å². The van der Waals surface area contributed by atoms with Crippen LogP contribution in [-0.4, -0.2) is 28.7 Å². The van der Waals surface area contributed by atoms with E-state index in [1.807, 2.05) is 6.92 Å². The van der Waals surface area contributed by atoms with Gasteiger partial charge in [-0.1, -0.05) is 66.2 Å². The normalized spacial score (nSPS) is 17.1. The van der Waals surface area contributed by atoms with Gasteiger partial charge >= 0.3 is 5.97 Å². The second-order valence-corrected chi connectivity index (χ2v) is 10.4. The molecule has 4 aromatic rings. The van der Waals surface area contributed by atoms with Gasteiger partial charge in [0.25, 0.3) is 10.0 Å². The van der Waals surface area contributed by atoms with Crippen LogP contribution in [0.5, 0.6) is 0 Å². The largest absolute Gasteiger partial charge is 0.476 e. The maximum Gasteiger partial charge on any atom is 0.357 e. The minimum Gasteiger partial charge on any atom is -0.476 e. The Balaban J connectivity index is 1.77. The fourth-order valence-electron chi connectivity index (χ4n) is 4.57. The van der Waals surface area contributed by atoms with Crippen LogP contribution in [0.15, 0.2) is 83.8 Å². The molecule has 5 rings (SSSR count). The second kappa shape index (κ2) is 8.53. The van der Waals surface area contributed by atoms with E-state index in [2.05, 4.69) is 5.10 Å². The summed E-state index contributed by atoms with van der Waals surface area (Å²) < 4.78 is 56.1. The van der Waals surface area contributed by atoms with Crippen LogP contribution < -0.4 is 0 Å². The highest BCUT2D eigenvalue weighted by molar-refractivity contribution is 7.89. The quantitative estimate of drug-likeness (QED) is 0.413. The first-order valence-corrected chi connectivity index (χ1v) is 12.5. The molecule has 6 nitrogen and oxygen atoms in total. The van der Waals surface area contributed by atoms with Crippen molar-refractivity contribution in [2.24, 2.45) is 0 Å². The lowest BCUT2D eigenvalue weighted by Gasteiger charge is -2.35. The van der Waals surface area contributed by atoms with Crippen LogP contribution >= 0.6 is 0 Å². The van der Waals surface area contributed by atoms with Gasteiger partial charge in [0.05, 0.1) is 10.6 Å². The van der Waals surface area contributed by atoms with Crippen molar-refractivity contribution in [2.75, 3.05) is 0 Å². The van der Waals surface area contributed by atoms with Crippen molar-refractivity contribution in [2.45, 2.75) is 23.7 Å². The fourth-order valence-corrected chi connectivity index (χ4v) is 5.89. The van der Waals surface area contributed by atoms with E-state index in [-0.39, 0.29) is 22.6 Å². The van der Waals surface area contributed by atoms with Crippen LogP contribution in [0, 0.1) is 18.6 Å². The number of aromatic carboxylic acids is 1. The molecule has 1 aliphatic carbocycles. The van der Waals surface area contributed by atoms with Gasteiger partial charge in [-0.2, -0.15) is 12.5 Å². The van der Waals surface area contributed by atoms with E-state index in [1.165, 1.54) is 24.3 Å². The first-order chi connectivity index (χ1) is 17.1. The first-order valence-electron chi connectivity index (χ1n) is 11.0. The number of hydrogen-bond donors (Lipinski definition) is 1. The van der Waals surface area contributed by atoms with E-state index in [0.717, 1.165) is 21.8 Å². The molecular weight excluding hydrogens is 486 g/mol. The predicted octanol–water partition coefficient (Wildman–Crippen LogP) is 4.96. The molecule has 1 atom stereocenters. The Morgan fingerprint density at radius 1 is 0.972 bits per heavy atom. The summed E-state index contributed by atoms with van der Waals surface area (Å²) in [6.45, 7) is 1.82. The van der Waals surface area contributed by atoms with Crippen molar-refractivity contribution in [3.63, 3.8) is 0 Å². The van der Waals surface area contributed by atoms with E-state index >= 15 is 0 Å². The molecule has 36 heavy (non-hydrogen) atoms. The molecule has 182 valence electrons. The monoisotopic (exact) mass is 506 g/mol. The summed E-state index contributed by atoms with van der Waals surface area (Å²) >= 11 is 0. The second-order valence-electron chi connectivity index (χ2n) is 8.65. The lowest BCUT2D eigenvalue weighted by Crippen LogP contribution is -2.33. The molecule has 0 amide bonds. The molecule has 1 heterocycles. The number of rotatable bonds is 5. The standard InChI is InChI=1S/C27H20F2N2O4S/c1-17-7-10-20(11-8-17)36(34,35)31-24-16-27(18-5-3-2-4-6-18,19-9-12-22(28)23(29)15-19)14-13-21(24)25(30-31)26(32)33/h2-15H,16H2,1H3,(H,32,33). The number of carbonyl (C=O) groups is 1. The number of benzene rings is 3. The summed E-state index contributed by atoms with van der Waals surface area (Å²) in [5.74, 6) is -3.44. The zero-order chi connectivity index (χ0) is 25.7. The minimum atomic E-state index is -4.27. The topological polar surface area (TPSA) is 89.3 Å². The molecule has 1 aromatic heterocycles. The average molecular weight is 507 g/mol. The van der Waals surface area contributed by atoms with E-state index in [0.29, 0.717) is 11.1 Å². The number of fused-ring (bicyclic) bond motifs is 1. The molecule has 1 N–H and O–H groups in total. The van der Waals surface area contributed by atoms with E-state index in [1.54, 1.807) is 48.5 Å². The Labute approximate surface area is 206 Å². The van der Waals surface area contributed by atoms with Crippen molar-refractivity contribution in [3.8, 4) is 0 Å². The molecule has 0 radical (unpaired) electrons. The number of aromatic nitrogens is 2. The van der Waals surface area contributed by atoms with Crippen LogP contribution in [0.4, 0.5) is 8.78 Å². The molecule has 9 heteroatoms. The third-order valence-corrected chi connectivity index (χ3v) is 8.07. The Morgan fingerprint density at radius 3 is 2.31 bits per heavy atom. The molecule has 1 unspecified atom stereocenters. The fraction of sp³-hybridized carbons (Fsp3) is 0.111. The number of aryl methyl sites for hydroxylation is 1. The number of carboxylic acid groups (broad SMARTS) is 1. The third kappa shape index (κ3) is 3.72. The number of hydrogen-bond acceptors (Lipinski definition) is 4. The Bertz CT molecular complexity index is 1630. The van der Waals surface area contributed by atoms with Crippen molar-refractivity contribution in [3.05, 3.63) is 124 Å². The van der Waals surface area contributed by atoms with Gasteiger partial charge in [-0.25, -0.2) is 13.6 Å². The maximum atomic E-state index is 14.4. The zero-order valence-corrected chi connectivity index (χ0v) is 19.8. The van der Waals surface area contributed by atoms with Gasteiger partial charge < -0.3 is 5.11 Å².